The van der Waals surface area contributed by atoms with Crippen LogP contribution in [-0.2, 0) is 9.53 Å². The fourth-order valence-corrected chi connectivity index (χ4v) is 1.90. The highest BCUT2D eigenvalue weighted by Gasteiger charge is 2.27. The molecule has 1 heterocycles. The van der Waals surface area contributed by atoms with Crippen molar-refractivity contribution in [2.45, 2.75) is 19.8 Å². The first-order chi connectivity index (χ1) is 6.79. The number of halogens is 1. The second kappa shape index (κ2) is 6.25. The van der Waals surface area contributed by atoms with Gasteiger partial charge in [-0.05, 0) is 12.8 Å². The van der Waals surface area contributed by atoms with Crippen molar-refractivity contribution >= 4 is 17.5 Å². The van der Waals surface area contributed by atoms with Crippen LogP contribution in [0.1, 0.15) is 19.8 Å². The first-order valence-corrected chi connectivity index (χ1v) is 5.75. The molecular formula is C10H18ClNO2. The van der Waals surface area contributed by atoms with Crippen LogP contribution < -0.4 is 0 Å². The van der Waals surface area contributed by atoms with Gasteiger partial charge in [0.2, 0.25) is 5.91 Å². The number of nitrogens with zero attached hydrogens (tertiary/aromatic N) is 1. The van der Waals surface area contributed by atoms with Crippen LogP contribution in [0.2, 0.25) is 0 Å². The zero-order valence-corrected chi connectivity index (χ0v) is 9.42. The summed E-state index contributed by atoms with van der Waals surface area (Å²) in [5.41, 5.74) is 0. The van der Waals surface area contributed by atoms with Gasteiger partial charge in [-0.1, -0.05) is 6.92 Å². The number of hydrogen-bond donors (Lipinski definition) is 0. The fourth-order valence-electron chi connectivity index (χ4n) is 1.69. The summed E-state index contributed by atoms with van der Waals surface area (Å²) in [4.78, 5) is 13.8. The zero-order chi connectivity index (χ0) is 10.4. The first kappa shape index (κ1) is 11.8. The van der Waals surface area contributed by atoms with E-state index in [1.807, 2.05) is 4.90 Å². The predicted molar refractivity (Wildman–Crippen MR) is 56.5 cm³/mol. The van der Waals surface area contributed by atoms with Crippen molar-refractivity contribution in [3.05, 3.63) is 0 Å². The Morgan fingerprint density at radius 1 is 1.57 bits per heavy atom. The second-order valence-electron chi connectivity index (χ2n) is 3.57. The largest absolute Gasteiger partial charge is 0.381 e. The normalized spacial score (nSPS) is 21.1. The standard InChI is InChI=1S/C10H18ClNO2/c1-2-5-12(6-4-11)10(13)9-3-7-14-8-9/h9H,2-8H2,1H3. The molecule has 0 aromatic carbocycles. The van der Waals surface area contributed by atoms with Gasteiger partial charge in [-0.3, -0.25) is 4.79 Å². The van der Waals surface area contributed by atoms with Gasteiger partial charge < -0.3 is 9.64 Å². The summed E-state index contributed by atoms with van der Waals surface area (Å²) in [6.07, 6.45) is 1.84. The van der Waals surface area contributed by atoms with Crippen LogP contribution in [0, 0.1) is 5.92 Å². The number of ether oxygens (including phenoxy) is 1. The minimum atomic E-state index is 0.0739. The SMILES string of the molecule is CCCN(CCCl)C(=O)C1CCOC1. The van der Waals surface area contributed by atoms with E-state index < -0.39 is 0 Å². The summed E-state index contributed by atoms with van der Waals surface area (Å²) in [6.45, 7) is 4.84. The summed E-state index contributed by atoms with van der Waals surface area (Å²) in [7, 11) is 0. The highest BCUT2D eigenvalue weighted by molar-refractivity contribution is 6.18. The molecule has 0 N–H and O–H groups in total. The van der Waals surface area contributed by atoms with E-state index in [0.29, 0.717) is 19.0 Å². The molecule has 4 heteroatoms. The fraction of sp³-hybridized carbons (Fsp3) is 0.900. The average Bonchev–Trinajstić information content (AvgIpc) is 2.69. The maximum absolute atomic E-state index is 11.9. The smallest absolute Gasteiger partial charge is 0.228 e. The van der Waals surface area contributed by atoms with Crippen molar-refractivity contribution in [2.75, 3.05) is 32.2 Å². The van der Waals surface area contributed by atoms with Crippen LogP contribution in [0.3, 0.4) is 0 Å². The molecule has 0 spiro atoms. The van der Waals surface area contributed by atoms with E-state index in [9.17, 15) is 4.79 Å². The summed E-state index contributed by atoms with van der Waals surface area (Å²) in [5.74, 6) is 0.800. The molecule has 0 aromatic heterocycles. The maximum Gasteiger partial charge on any atom is 0.228 e. The van der Waals surface area contributed by atoms with Gasteiger partial charge >= 0.3 is 0 Å². The van der Waals surface area contributed by atoms with E-state index in [1.165, 1.54) is 0 Å². The molecule has 0 bridgehead atoms. The van der Waals surface area contributed by atoms with Crippen LogP contribution >= 0.6 is 11.6 Å². The number of amides is 1. The van der Waals surface area contributed by atoms with Crippen LogP contribution in [0.25, 0.3) is 0 Å². The maximum atomic E-state index is 11.9. The van der Waals surface area contributed by atoms with Crippen LogP contribution in [-0.4, -0.2) is 43.0 Å². The molecule has 0 aliphatic carbocycles. The molecule has 1 aliphatic heterocycles. The molecule has 1 aliphatic rings. The molecule has 1 atom stereocenters. The second-order valence-corrected chi connectivity index (χ2v) is 3.95. The first-order valence-electron chi connectivity index (χ1n) is 5.22. The van der Waals surface area contributed by atoms with Gasteiger partial charge in [0.05, 0.1) is 12.5 Å². The van der Waals surface area contributed by atoms with Crippen molar-refractivity contribution in [2.24, 2.45) is 5.92 Å². The number of alkyl halides is 1. The molecular weight excluding hydrogens is 202 g/mol. The molecule has 1 unspecified atom stereocenters. The number of carbonyl (C=O) groups excluding carboxylic acids is 1. The van der Waals surface area contributed by atoms with E-state index in [2.05, 4.69) is 6.92 Å². The lowest BCUT2D eigenvalue weighted by molar-refractivity contribution is -0.135. The summed E-state index contributed by atoms with van der Waals surface area (Å²) >= 11 is 5.66. The van der Waals surface area contributed by atoms with Gasteiger partial charge in [-0.15, -0.1) is 11.6 Å². The monoisotopic (exact) mass is 219 g/mol. The molecule has 3 nitrogen and oxygen atoms in total. The Bertz CT molecular complexity index is 175. The quantitative estimate of drug-likeness (QED) is 0.656. The molecule has 1 amide bonds. The lowest BCUT2D eigenvalue weighted by Gasteiger charge is -2.23. The molecule has 1 saturated heterocycles. The van der Waals surface area contributed by atoms with Crippen LogP contribution in [0.4, 0.5) is 0 Å². The van der Waals surface area contributed by atoms with Crippen molar-refractivity contribution in [3.63, 3.8) is 0 Å². The van der Waals surface area contributed by atoms with Gasteiger partial charge in [0, 0.05) is 25.6 Å². The highest BCUT2D eigenvalue weighted by atomic mass is 35.5. The third-order valence-corrected chi connectivity index (χ3v) is 2.61. The minimum Gasteiger partial charge on any atom is -0.381 e. The molecule has 0 radical (unpaired) electrons. The Labute approximate surface area is 90.4 Å². The Morgan fingerprint density at radius 2 is 2.36 bits per heavy atom. The zero-order valence-electron chi connectivity index (χ0n) is 8.67. The third-order valence-electron chi connectivity index (χ3n) is 2.44. The molecule has 14 heavy (non-hydrogen) atoms. The molecule has 1 rings (SSSR count). The Hall–Kier alpha value is -0.280. The van der Waals surface area contributed by atoms with E-state index >= 15 is 0 Å². The predicted octanol–water partition coefficient (Wildman–Crippen LogP) is 1.50. The van der Waals surface area contributed by atoms with Gasteiger partial charge in [-0.25, -0.2) is 0 Å². The van der Waals surface area contributed by atoms with Crippen LogP contribution in [0.5, 0.6) is 0 Å². The Morgan fingerprint density at radius 3 is 2.86 bits per heavy atom. The van der Waals surface area contributed by atoms with Gasteiger partial charge in [0.15, 0.2) is 0 Å². The van der Waals surface area contributed by atoms with Crippen molar-refractivity contribution in [3.8, 4) is 0 Å². The van der Waals surface area contributed by atoms with Crippen molar-refractivity contribution in [1.82, 2.24) is 4.90 Å². The average molecular weight is 220 g/mol. The van der Waals surface area contributed by atoms with Crippen molar-refractivity contribution < 1.29 is 9.53 Å². The van der Waals surface area contributed by atoms with Crippen LogP contribution in [0.15, 0.2) is 0 Å². The Kier molecular flexibility index (Phi) is 5.26. The summed E-state index contributed by atoms with van der Waals surface area (Å²) < 4.78 is 5.20. The molecule has 1 fully saturated rings. The van der Waals surface area contributed by atoms with E-state index in [1.54, 1.807) is 0 Å². The lowest BCUT2D eigenvalue weighted by atomic mass is 10.1. The van der Waals surface area contributed by atoms with Crippen molar-refractivity contribution in [1.29, 1.82) is 0 Å². The Balaban J connectivity index is 2.43. The van der Waals surface area contributed by atoms with Gasteiger partial charge in [-0.2, -0.15) is 0 Å². The van der Waals surface area contributed by atoms with E-state index in [-0.39, 0.29) is 11.8 Å². The topological polar surface area (TPSA) is 29.5 Å². The third kappa shape index (κ3) is 3.14. The van der Waals surface area contributed by atoms with Gasteiger partial charge in [0.1, 0.15) is 0 Å². The molecule has 0 saturated carbocycles. The number of carbonyl (C=O) groups is 1. The van der Waals surface area contributed by atoms with E-state index in [0.717, 1.165) is 26.0 Å². The lowest BCUT2D eigenvalue weighted by Crippen LogP contribution is -2.38. The molecule has 0 aromatic rings. The molecule has 82 valence electrons. The number of hydrogen-bond acceptors (Lipinski definition) is 2. The highest BCUT2D eigenvalue weighted by Crippen LogP contribution is 2.15. The summed E-state index contributed by atoms with van der Waals surface area (Å²) in [6, 6.07) is 0. The van der Waals surface area contributed by atoms with E-state index in [4.69, 9.17) is 16.3 Å². The van der Waals surface area contributed by atoms with Gasteiger partial charge in [0.25, 0.3) is 0 Å². The minimum absolute atomic E-state index is 0.0739. The number of rotatable bonds is 5. The summed E-state index contributed by atoms with van der Waals surface area (Å²) in [5, 5.41) is 0.